The third-order valence-corrected chi connectivity index (χ3v) is 16.4. The first-order valence-electron chi connectivity index (χ1n) is 25.3. The molecule has 1 aliphatic heterocycles. The van der Waals surface area contributed by atoms with Crippen LogP contribution in [0.1, 0.15) is 47.2 Å². The van der Waals surface area contributed by atoms with Crippen molar-refractivity contribution in [2.75, 3.05) is 4.90 Å². The highest BCUT2D eigenvalue weighted by Gasteiger charge is 2.50. The van der Waals surface area contributed by atoms with Crippen molar-refractivity contribution in [2.45, 2.75) is 24.7 Å². The molecule has 15 rings (SSSR count). The van der Waals surface area contributed by atoms with E-state index in [1.165, 1.54) is 117 Å². The highest BCUT2D eigenvalue weighted by atomic mass is 15.1. The maximum absolute atomic E-state index is 2.56. The molecule has 0 amide bonds. The van der Waals surface area contributed by atoms with E-state index in [1.807, 2.05) is 0 Å². The van der Waals surface area contributed by atoms with Crippen molar-refractivity contribution >= 4 is 38.9 Å². The molecular formula is C70H48N2. The molecule has 0 bridgehead atoms. The molecule has 0 radical (unpaired) electrons. The number of benzene rings is 11. The summed E-state index contributed by atoms with van der Waals surface area (Å²) in [7, 11) is 0. The van der Waals surface area contributed by atoms with Crippen LogP contribution in [0, 0.1) is 0 Å². The summed E-state index contributed by atoms with van der Waals surface area (Å²) in [6, 6.07) is 95.2. The van der Waals surface area contributed by atoms with Gasteiger partial charge in [0.25, 0.3) is 0 Å². The molecule has 11 aromatic carbocycles. The summed E-state index contributed by atoms with van der Waals surface area (Å²) in [4.78, 5) is 2.47. The van der Waals surface area contributed by atoms with Crippen molar-refractivity contribution in [3.63, 3.8) is 0 Å². The minimum absolute atomic E-state index is 0.144. The Balaban J connectivity index is 0.902. The fourth-order valence-corrected chi connectivity index (χ4v) is 13.2. The molecule has 2 aliphatic carbocycles. The minimum atomic E-state index is -0.476. The van der Waals surface area contributed by atoms with Crippen molar-refractivity contribution in [3.05, 3.63) is 288 Å². The first kappa shape index (κ1) is 40.9. The van der Waals surface area contributed by atoms with E-state index in [-0.39, 0.29) is 5.41 Å². The molecule has 2 heteroatoms. The van der Waals surface area contributed by atoms with Crippen LogP contribution in [0.25, 0.3) is 83.1 Å². The molecule has 338 valence electrons. The number of anilines is 3. The number of hydrogen-bond acceptors (Lipinski definition) is 1. The molecule has 1 spiro atoms. The van der Waals surface area contributed by atoms with Crippen LogP contribution < -0.4 is 4.90 Å². The summed E-state index contributed by atoms with van der Waals surface area (Å²) < 4.78 is 2.56. The van der Waals surface area contributed by atoms with Crippen LogP contribution in [0.2, 0.25) is 0 Å². The van der Waals surface area contributed by atoms with Crippen LogP contribution in [0.15, 0.2) is 255 Å². The summed E-state index contributed by atoms with van der Waals surface area (Å²) in [5, 5.41) is 2.56. The first-order chi connectivity index (χ1) is 35.5. The normalized spacial score (nSPS) is 13.9. The van der Waals surface area contributed by atoms with E-state index in [0.717, 1.165) is 17.1 Å². The zero-order valence-electron chi connectivity index (χ0n) is 40.1. The van der Waals surface area contributed by atoms with Gasteiger partial charge in [0.1, 0.15) is 0 Å². The van der Waals surface area contributed by atoms with Crippen LogP contribution in [0.4, 0.5) is 17.1 Å². The number of fused-ring (bicyclic) bond motifs is 15. The maximum Gasteiger partial charge on any atom is 0.0754 e. The van der Waals surface area contributed by atoms with Gasteiger partial charge in [-0.05, 0) is 126 Å². The number of rotatable bonds is 6. The molecule has 2 nitrogen and oxygen atoms in total. The van der Waals surface area contributed by atoms with Crippen LogP contribution in [-0.4, -0.2) is 4.57 Å². The second-order valence-corrected chi connectivity index (χ2v) is 20.4. The molecule has 0 saturated carbocycles. The van der Waals surface area contributed by atoms with Gasteiger partial charge in [-0.1, -0.05) is 226 Å². The molecule has 0 unspecified atom stereocenters. The smallest absolute Gasteiger partial charge is 0.0754 e. The molecule has 72 heavy (non-hydrogen) atoms. The Morgan fingerprint density at radius 1 is 0.319 bits per heavy atom. The van der Waals surface area contributed by atoms with E-state index >= 15 is 0 Å². The van der Waals surface area contributed by atoms with Gasteiger partial charge in [0.15, 0.2) is 0 Å². The van der Waals surface area contributed by atoms with Gasteiger partial charge in [-0.3, -0.25) is 0 Å². The van der Waals surface area contributed by atoms with E-state index in [4.69, 9.17) is 0 Å². The van der Waals surface area contributed by atoms with E-state index in [2.05, 4.69) is 278 Å². The topological polar surface area (TPSA) is 8.17 Å². The molecule has 12 aromatic rings. The predicted molar refractivity (Wildman–Crippen MR) is 300 cm³/mol. The number of nitrogens with zero attached hydrogens (tertiary/aromatic N) is 2. The molecule has 0 N–H and O–H groups in total. The van der Waals surface area contributed by atoms with Crippen molar-refractivity contribution in [1.29, 1.82) is 0 Å². The van der Waals surface area contributed by atoms with E-state index in [0.29, 0.717) is 0 Å². The molecule has 2 heterocycles. The fourth-order valence-electron chi connectivity index (χ4n) is 13.2. The Labute approximate surface area is 420 Å². The van der Waals surface area contributed by atoms with Gasteiger partial charge in [0, 0.05) is 33.1 Å². The van der Waals surface area contributed by atoms with E-state index in [9.17, 15) is 0 Å². The SMILES string of the molecule is CC1(C)c2ccccc2-c2ccc(N(c3ccc(-c4ccc5c(c4)-n4c6ccccc6c6cccc(c64)C54c5ccccc5-c5ccccc54)cc3)c3ccccc3-c3ccc(-c4ccccc4)cc3)cc21. The highest BCUT2D eigenvalue weighted by Crippen LogP contribution is 2.61. The Bertz CT molecular complexity index is 4130. The number of hydrogen-bond donors (Lipinski definition) is 0. The summed E-state index contributed by atoms with van der Waals surface area (Å²) in [6.07, 6.45) is 0. The number of aromatic nitrogens is 1. The van der Waals surface area contributed by atoms with E-state index < -0.39 is 5.41 Å². The quantitative estimate of drug-likeness (QED) is 0.161. The second-order valence-electron chi connectivity index (χ2n) is 20.4. The minimum Gasteiger partial charge on any atom is -0.310 e. The lowest BCUT2D eigenvalue weighted by Gasteiger charge is -2.39. The predicted octanol–water partition coefficient (Wildman–Crippen LogP) is 18.2. The van der Waals surface area contributed by atoms with Gasteiger partial charge >= 0.3 is 0 Å². The van der Waals surface area contributed by atoms with Crippen LogP contribution >= 0.6 is 0 Å². The average molecular weight is 917 g/mol. The van der Waals surface area contributed by atoms with Gasteiger partial charge in [0.2, 0.25) is 0 Å². The zero-order valence-corrected chi connectivity index (χ0v) is 40.1. The van der Waals surface area contributed by atoms with Gasteiger partial charge in [-0.2, -0.15) is 0 Å². The zero-order chi connectivity index (χ0) is 47.7. The molecular weight excluding hydrogens is 869 g/mol. The van der Waals surface area contributed by atoms with Crippen LogP contribution in [0.5, 0.6) is 0 Å². The van der Waals surface area contributed by atoms with Gasteiger partial charge in [-0.15, -0.1) is 0 Å². The Morgan fingerprint density at radius 3 is 1.58 bits per heavy atom. The molecule has 0 saturated heterocycles. The summed E-state index contributed by atoms with van der Waals surface area (Å²) in [6.45, 7) is 4.74. The Morgan fingerprint density at radius 2 is 0.833 bits per heavy atom. The lowest BCUT2D eigenvalue weighted by molar-refractivity contribution is 0.660. The summed E-state index contributed by atoms with van der Waals surface area (Å²) >= 11 is 0. The lowest BCUT2D eigenvalue weighted by atomic mass is 9.65. The van der Waals surface area contributed by atoms with Crippen LogP contribution in [0.3, 0.4) is 0 Å². The fraction of sp³-hybridized carbons (Fsp3) is 0.0571. The molecule has 3 aliphatic rings. The lowest BCUT2D eigenvalue weighted by Crippen LogP contribution is -2.33. The maximum atomic E-state index is 2.56. The molecule has 1 aromatic heterocycles. The average Bonchev–Trinajstić information content (AvgIpc) is 4.03. The monoisotopic (exact) mass is 916 g/mol. The van der Waals surface area contributed by atoms with Crippen molar-refractivity contribution in [2.24, 2.45) is 0 Å². The third-order valence-electron chi connectivity index (χ3n) is 16.4. The van der Waals surface area contributed by atoms with Crippen LogP contribution in [-0.2, 0) is 10.8 Å². The highest BCUT2D eigenvalue weighted by molar-refractivity contribution is 6.13. The van der Waals surface area contributed by atoms with Crippen molar-refractivity contribution < 1.29 is 0 Å². The Kier molecular flexibility index (Phi) is 8.66. The number of para-hydroxylation sites is 3. The summed E-state index contributed by atoms with van der Waals surface area (Å²) in [5.41, 5.74) is 26.9. The third kappa shape index (κ3) is 5.61. The molecule has 0 atom stereocenters. The van der Waals surface area contributed by atoms with E-state index in [1.54, 1.807) is 0 Å². The second kappa shape index (κ2) is 15.3. The largest absolute Gasteiger partial charge is 0.310 e. The summed E-state index contributed by atoms with van der Waals surface area (Å²) in [5.74, 6) is 0. The van der Waals surface area contributed by atoms with Crippen molar-refractivity contribution in [1.82, 2.24) is 4.57 Å². The Hall–Kier alpha value is -8.98. The first-order valence-corrected chi connectivity index (χ1v) is 25.3. The van der Waals surface area contributed by atoms with Gasteiger partial charge in [0.05, 0.1) is 27.8 Å². The van der Waals surface area contributed by atoms with Crippen molar-refractivity contribution in [3.8, 4) is 61.3 Å². The van der Waals surface area contributed by atoms with Gasteiger partial charge < -0.3 is 9.47 Å². The van der Waals surface area contributed by atoms with Gasteiger partial charge in [-0.25, -0.2) is 0 Å². The standard InChI is InChI=1S/C70H48N2/c1-69(2)59-25-11-6-20-53(59)56-41-40-51(44-64(56)69)71(65-29-14-9-19-52(65)48-33-31-46(32-34-48)45-17-4-3-5-18-45)50-38-35-47(36-39-50)49-37-42-62-67(43-49)72-66-30-15-10-23-57(66)58-24-16-28-63(68(58)72)70(62)60-26-12-7-21-54(60)55-22-8-13-27-61(55)70/h3-44H,1-2H3. The molecule has 0 fully saturated rings.